The molecule has 1 saturated carbocycles. The largest absolute Gasteiger partial charge is 0.355 e. The van der Waals surface area contributed by atoms with Gasteiger partial charge in [0.2, 0.25) is 15.7 Å². The number of nitrogens with zero attached hydrogens (tertiary/aromatic N) is 6. The summed E-state index contributed by atoms with van der Waals surface area (Å²) in [6.45, 7) is 6.01. The van der Waals surface area contributed by atoms with E-state index in [4.69, 9.17) is 0 Å². The number of pyridine rings is 2. The van der Waals surface area contributed by atoms with Gasteiger partial charge in [0.05, 0.1) is 21.9 Å². The van der Waals surface area contributed by atoms with Gasteiger partial charge < -0.3 is 9.80 Å². The lowest BCUT2D eigenvalue weighted by Gasteiger charge is -2.40. The average molecular weight is 611 g/mol. The normalized spacial score (nSPS) is 17.3. The minimum absolute atomic E-state index is 0.00781. The van der Waals surface area contributed by atoms with E-state index in [0.717, 1.165) is 28.8 Å². The van der Waals surface area contributed by atoms with E-state index in [1.807, 2.05) is 0 Å². The fraction of sp³-hybridized carbons (Fsp3) is 0.276. The molecule has 0 N–H and O–H groups in total. The number of amides is 1. The molecule has 6 rings (SSSR count). The Morgan fingerprint density at radius 2 is 1.77 bits per heavy atom. The van der Waals surface area contributed by atoms with E-state index in [2.05, 4.69) is 21.5 Å². The Hall–Kier alpha value is -4.59. The number of sulfone groups is 1. The lowest BCUT2D eigenvalue weighted by atomic mass is 10.1. The van der Waals surface area contributed by atoms with Gasteiger partial charge in [0.1, 0.15) is 23.1 Å². The molecule has 43 heavy (non-hydrogen) atoms. The van der Waals surface area contributed by atoms with Crippen LogP contribution in [-0.4, -0.2) is 69.7 Å². The molecule has 3 aromatic heterocycles. The molecule has 1 aliphatic heterocycles. The number of benzene rings is 1. The molecule has 1 aliphatic carbocycles. The first-order chi connectivity index (χ1) is 20.5. The van der Waals surface area contributed by atoms with E-state index in [-0.39, 0.29) is 59.1 Å². The van der Waals surface area contributed by atoms with Crippen molar-refractivity contribution in [2.75, 3.05) is 24.5 Å². The van der Waals surface area contributed by atoms with Gasteiger partial charge in [0, 0.05) is 31.9 Å². The summed E-state index contributed by atoms with van der Waals surface area (Å²) in [5, 5.41) is -1.06. The Balaban J connectivity index is 1.64. The highest BCUT2D eigenvalue weighted by atomic mass is 32.2. The fourth-order valence-electron chi connectivity index (χ4n) is 5.35. The molecule has 10 nitrogen and oxygen atoms in total. The Kier molecular flexibility index (Phi) is 7.03. The Morgan fingerprint density at radius 3 is 2.42 bits per heavy atom. The highest BCUT2D eigenvalue weighted by molar-refractivity contribution is 7.92. The third kappa shape index (κ3) is 4.84. The number of rotatable bonds is 6. The number of fused-ring (bicyclic) bond motifs is 1. The topological polar surface area (TPSA) is 118 Å². The molecule has 0 spiro atoms. The third-order valence-electron chi connectivity index (χ3n) is 7.61. The van der Waals surface area contributed by atoms with Gasteiger partial charge in [0.15, 0.2) is 16.5 Å². The molecule has 2 fully saturated rings. The van der Waals surface area contributed by atoms with Crippen molar-refractivity contribution in [1.82, 2.24) is 24.4 Å². The second-order valence-electron chi connectivity index (χ2n) is 10.4. The third-order valence-corrected chi connectivity index (χ3v) is 9.81. The Labute approximate surface area is 244 Å². The molecule has 222 valence electrons. The van der Waals surface area contributed by atoms with Crippen molar-refractivity contribution in [2.24, 2.45) is 0 Å². The minimum Gasteiger partial charge on any atom is -0.350 e. The van der Waals surface area contributed by atoms with Crippen molar-refractivity contribution < 1.29 is 26.4 Å². The van der Waals surface area contributed by atoms with Crippen LogP contribution >= 0.6 is 0 Å². The highest BCUT2D eigenvalue weighted by Gasteiger charge is 2.40. The number of aromatic nitrogens is 4. The number of hydrogen-bond acceptors (Lipinski definition) is 8. The summed E-state index contributed by atoms with van der Waals surface area (Å²) in [7, 11) is -3.95. The maximum absolute atomic E-state index is 15.7. The van der Waals surface area contributed by atoms with Gasteiger partial charge >= 0.3 is 5.69 Å². The summed E-state index contributed by atoms with van der Waals surface area (Å²) in [6.07, 6.45) is 3.33. The van der Waals surface area contributed by atoms with E-state index < -0.39 is 49.5 Å². The average Bonchev–Trinajstić information content (AvgIpc) is 3.84. The zero-order valence-electron chi connectivity index (χ0n) is 22.9. The number of carbonyl (C=O) groups excluding carboxylic acids is 1. The van der Waals surface area contributed by atoms with Gasteiger partial charge in [-0.25, -0.2) is 40.9 Å². The number of anilines is 1. The number of piperazine rings is 1. The van der Waals surface area contributed by atoms with Crippen LogP contribution in [0.1, 0.15) is 19.8 Å². The van der Waals surface area contributed by atoms with Crippen LogP contribution in [0.2, 0.25) is 0 Å². The van der Waals surface area contributed by atoms with Crippen molar-refractivity contribution in [2.45, 2.75) is 36.1 Å². The van der Waals surface area contributed by atoms with E-state index in [1.165, 1.54) is 24.4 Å². The lowest BCUT2D eigenvalue weighted by molar-refractivity contribution is -0.126. The second kappa shape index (κ2) is 10.6. The fourth-order valence-corrected chi connectivity index (χ4v) is 7.08. The molecule has 4 aromatic rings. The van der Waals surface area contributed by atoms with Crippen LogP contribution < -0.4 is 10.6 Å². The summed E-state index contributed by atoms with van der Waals surface area (Å²) in [6, 6.07) is 6.37. The summed E-state index contributed by atoms with van der Waals surface area (Å²) < 4.78 is 72.9. The van der Waals surface area contributed by atoms with Crippen molar-refractivity contribution >= 4 is 32.6 Å². The van der Waals surface area contributed by atoms with Crippen LogP contribution in [0.5, 0.6) is 0 Å². The van der Waals surface area contributed by atoms with Crippen LogP contribution in [0.15, 0.2) is 65.1 Å². The van der Waals surface area contributed by atoms with Crippen molar-refractivity contribution in [3.8, 4) is 16.9 Å². The molecular formula is C29H25F3N6O4S. The van der Waals surface area contributed by atoms with Gasteiger partial charge in [0.25, 0.3) is 0 Å². The number of carbonyl (C=O) groups is 1. The Bertz CT molecular complexity index is 1960. The van der Waals surface area contributed by atoms with Gasteiger partial charge in [-0.05, 0) is 56.2 Å². The van der Waals surface area contributed by atoms with E-state index >= 15 is 4.39 Å². The van der Waals surface area contributed by atoms with Crippen LogP contribution in [0, 0.1) is 17.5 Å². The van der Waals surface area contributed by atoms with Crippen molar-refractivity contribution in [1.29, 1.82) is 0 Å². The first kappa shape index (κ1) is 28.5. The number of halogens is 3. The number of hydrogen-bond donors (Lipinski definition) is 0. The van der Waals surface area contributed by atoms with E-state index in [0.29, 0.717) is 12.8 Å². The monoisotopic (exact) mass is 610 g/mol. The summed E-state index contributed by atoms with van der Waals surface area (Å²) in [4.78, 5) is 41.8. The highest BCUT2D eigenvalue weighted by Crippen LogP contribution is 2.37. The van der Waals surface area contributed by atoms with E-state index in [1.54, 1.807) is 16.7 Å². The van der Waals surface area contributed by atoms with Crippen LogP contribution in [0.25, 0.3) is 28.0 Å². The van der Waals surface area contributed by atoms with E-state index in [9.17, 15) is 26.8 Å². The maximum Gasteiger partial charge on any atom is 0.355 e. The molecule has 0 bridgehead atoms. The zero-order valence-corrected chi connectivity index (χ0v) is 23.7. The zero-order chi connectivity index (χ0) is 30.6. The smallest absolute Gasteiger partial charge is 0.350 e. The minimum atomic E-state index is -3.95. The second-order valence-corrected chi connectivity index (χ2v) is 12.6. The molecule has 2 aliphatic rings. The first-order valence-corrected chi connectivity index (χ1v) is 15.0. The molecule has 1 aromatic carbocycles. The lowest BCUT2D eigenvalue weighted by Crippen LogP contribution is -2.54. The molecule has 1 atom stereocenters. The molecule has 0 unspecified atom stereocenters. The molecular weight excluding hydrogens is 585 g/mol. The van der Waals surface area contributed by atoms with Crippen LogP contribution in [-0.2, 0) is 14.6 Å². The predicted molar refractivity (Wildman–Crippen MR) is 152 cm³/mol. The van der Waals surface area contributed by atoms with Gasteiger partial charge in [-0.1, -0.05) is 12.6 Å². The molecule has 4 heterocycles. The van der Waals surface area contributed by atoms with Crippen molar-refractivity contribution in [3.63, 3.8) is 0 Å². The van der Waals surface area contributed by atoms with Gasteiger partial charge in [-0.2, -0.15) is 4.98 Å². The SMILES string of the molecule is C=CC(=O)N1CCN(c2nc(=O)n(-c3cccnc3S(=O)(=O)C3CC3)c3nc(-c4c(F)cccc4F)c(F)cc23)[C@@H](C)C1. The maximum atomic E-state index is 15.7. The molecule has 1 amide bonds. The van der Waals surface area contributed by atoms with Gasteiger partial charge in [-0.3, -0.25) is 4.79 Å². The Morgan fingerprint density at radius 1 is 1.05 bits per heavy atom. The molecule has 1 saturated heterocycles. The van der Waals surface area contributed by atoms with Crippen molar-refractivity contribution in [3.05, 3.63) is 83.2 Å². The predicted octanol–water partition coefficient (Wildman–Crippen LogP) is 3.42. The summed E-state index contributed by atoms with van der Waals surface area (Å²) in [5.41, 5.74) is -2.86. The molecule has 14 heteroatoms. The standard InChI is InChI=1S/C29H25F3N6O4S/c1-3-23(39)36-12-13-37(16(2)15-36)26-18-14-21(32)25(24-19(30)6-4-7-20(24)31)34-27(18)38(29(40)35-26)22-8-5-11-33-28(22)43(41,42)17-9-10-17/h3-8,11,14,16-17H,1,9-10,12-13,15H2,2H3/t16-/m0/s1. The van der Waals surface area contributed by atoms with Crippen LogP contribution in [0.3, 0.4) is 0 Å². The summed E-state index contributed by atoms with van der Waals surface area (Å²) in [5.74, 6) is -3.50. The first-order valence-electron chi connectivity index (χ1n) is 13.5. The summed E-state index contributed by atoms with van der Waals surface area (Å²) >= 11 is 0. The molecule has 0 radical (unpaired) electrons. The quantitative estimate of drug-likeness (QED) is 0.305. The van der Waals surface area contributed by atoms with Gasteiger partial charge in [-0.15, -0.1) is 0 Å². The van der Waals surface area contributed by atoms with Crippen LogP contribution in [0.4, 0.5) is 19.0 Å².